The Hall–Kier alpha value is -3.70. The van der Waals surface area contributed by atoms with E-state index in [9.17, 15) is 9.18 Å². The Morgan fingerprint density at radius 2 is 2.03 bits per heavy atom. The van der Waals surface area contributed by atoms with Crippen LogP contribution in [0.5, 0.6) is 11.5 Å². The van der Waals surface area contributed by atoms with Crippen LogP contribution < -0.4 is 14.8 Å². The second-order valence-corrected chi connectivity index (χ2v) is 7.31. The summed E-state index contributed by atoms with van der Waals surface area (Å²) >= 11 is 1.35. The maximum atomic E-state index is 13.1. The summed E-state index contributed by atoms with van der Waals surface area (Å²) in [5, 5.41) is 11.8. The second-order valence-electron chi connectivity index (χ2n) is 6.11. The van der Waals surface area contributed by atoms with E-state index in [2.05, 4.69) is 10.3 Å². The predicted molar refractivity (Wildman–Crippen MR) is 114 cm³/mol. The molecular weight excluding hydrogens is 405 g/mol. The minimum absolute atomic E-state index is 0.0822. The number of nitriles is 1. The standard InChI is InChI=1S/C22H18FN3O3S/c1-14-21(16-5-7-17(23)8-6-16)26-22(30-14)25-20(27)10-4-15-3-9-18(29-12-11-24)19(13-15)28-2/h3-10,13H,12H2,1-2H3,(H,25,26,27)/b10-4+. The first-order valence-electron chi connectivity index (χ1n) is 8.90. The largest absolute Gasteiger partial charge is 0.493 e. The maximum absolute atomic E-state index is 13.1. The molecule has 3 aromatic rings. The molecule has 0 radical (unpaired) electrons. The van der Waals surface area contributed by atoms with E-state index < -0.39 is 0 Å². The number of benzene rings is 2. The number of halogens is 1. The molecule has 30 heavy (non-hydrogen) atoms. The van der Waals surface area contributed by atoms with Crippen LogP contribution >= 0.6 is 11.3 Å². The maximum Gasteiger partial charge on any atom is 0.250 e. The number of thiazole rings is 1. The average molecular weight is 423 g/mol. The summed E-state index contributed by atoms with van der Waals surface area (Å²) in [4.78, 5) is 17.6. The summed E-state index contributed by atoms with van der Waals surface area (Å²) in [5.74, 6) is 0.268. The van der Waals surface area contributed by atoms with E-state index in [0.717, 1.165) is 16.0 Å². The lowest BCUT2D eigenvalue weighted by atomic mass is 10.1. The van der Waals surface area contributed by atoms with Crippen molar-refractivity contribution >= 4 is 28.5 Å². The van der Waals surface area contributed by atoms with Gasteiger partial charge in [0.25, 0.3) is 0 Å². The monoisotopic (exact) mass is 423 g/mol. The number of nitrogens with zero attached hydrogens (tertiary/aromatic N) is 2. The fraction of sp³-hybridized carbons (Fsp3) is 0.136. The molecule has 0 bridgehead atoms. The zero-order valence-corrected chi connectivity index (χ0v) is 17.1. The van der Waals surface area contributed by atoms with E-state index in [4.69, 9.17) is 14.7 Å². The molecule has 8 heteroatoms. The van der Waals surface area contributed by atoms with Crippen LogP contribution in [0.3, 0.4) is 0 Å². The molecule has 0 saturated heterocycles. The summed E-state index contributed by atoms with van der Waals surface area (Å²) in [7, 11) is 1.50. The van der Waals surface area contributed by atoms with Crippen molar-refractivity contribution in [2.75, 3.05) is 19.0 Å². The van der Waals surface area contributed by atoms with Gasteiger partial charge in [0, 0.05) is 16.5 Å². The van der Waals surface area contributed by atoms with Crippen molar-refractivity contribution in [3.63, 3.8) is 0 Å². The second kappa shape index (κ2) is 9.67. The first-order chi connectivity index (χ1) is 14.5. The fourth-order valence-corrected chi connectivity index (χ4v) is 3.50. The van der Waals surface area contributed by atoms with Gasteiger partial charge in [-0.25, -0.2) is 9.37 Å². The molecule has 0 aliphatic rings. The number of nitrogens with one attached hydrogen (secondary N) is 1. The number of hydrogen-bond donors (Lipinski definition) is 1. The van der Waals surface area contributed by atoms with E-state index in [0.29, 0.717) is 22.3 Å². The van der Waals surface area contributed by atoms with Crippen LogP contribution in [0, 0.1) is 24.1 Å². The van der Waals surface area contributed by atoms with E-state index in [1.54, 1.807) is 36.4 Å². The molecule has 1 amide bonds. The summed E-state index contributed by atoms with van der Waals surface area (Å²) in [6.45, 7) is 1.81. The van der Waals surface area contributed by atoms with E-state index in [1.807, 2.05) is 13.0 Å². The number of aryl methyl sites for hydroxylation is 1. The quantitative estimate of drug-likeness (QED) is 0.551. The van der Waals surface area contributed by atoms with Gasteiger partial charge in [-0.2, -0.15) is 5.26 Å². The molecule has 1 aromatic heterocycles. The molecule has 0 unspecified atom stereocenters. The molecule has 1 heterocycles. The Morgan fingerprint density at radius 1 is 1.27 bits per heavy atom. The van der Waals surface area contributed by atoms with Gasteiger partial charge in [0.15, 0.2) is 23.2 Å². The molecule has 1 N–H and O–H groups in total. The third-order valence-electron chi connectivity index (χ3n) is 4.05. The molecule has 3 rings (SSSR count). The Kier molecular flexibility index (Phi) is 6.78. The number of rotatable bonds is 7. The molecule has 0 atom stereocenters. The van der Waals surface area contributed by atoms with Gasteiger partial charge in [-0.15, -0.1) is 11.3 Å². The van der Waals surface area contributed by atoms with Gasteiger partial charge < -0.3 is 9.47 Å². The lowest BCUT2D eigenvalue weighted by Gasteiger charge is -2.08. The molecule has 0 aliphatic heterocycles. The number of aromatic nitrogens is 1. The van der Waals surface area contributed by atoms with Gasteiger partial charge in [0.05, 0.1) is 12.8 Å². The molecule has 2 aromatic carbocycles. The van der Waals surface area contributed by atoms with Gasteiger partial charge in [-0.1, -0.05) is 6.07 Å². The Morgan fingerprint density at radius 3 is 2.73 bits per heavy atom. The van der Waals surface area contributed by atoms with Gasteiger partial charge in [-0.3, -0.25) is 10.1 Å². The number of carbonyl (C=O) groups is 1. The number of ether oxygens (including phenoxy) is 2. The highest BCUT2D eigenvalue weighted by atomic mass is 32.1. The lowest BCUT2D eigenvalue weighted by Crippen LogP contribution is -2.07. The summed E-state index contributed by atoms with van der Waals surface area (Å²) in [6, 6.07) is 13.1. The molecular formula is C22H18FN3O3S. The average Bonchev–Trinajstić information content (AvgIpc) is 3.11. The zero-order valence-electron chi connectivity index (χ0n) is 16.3. The fourth-order valence-electron chi connectivity index (χ4n) is 2.66. The third kappa shape index (κ3) is 5.21. The van der Waals surface area contributed by atoms with Crippen LogP contribution in [0.2, 0.25) is 0 Å². The van der Waals surface area contributed by atoms with Gasteiger partial charge in [-0.05, 0) is 55.0 Å². The number of anilines is 1. The van der Waals surface area contributed by atoms with Crippen LogP contribution in [0.1, 0.15) is 10.4 Å². The summed E-state index contributed by atoms with van der Waals surface area (Å²) in [6.07, 6.45) is 3.02. The third-order valence-corrected chi connectivity index (χ3v) is 4.94. The molecule has 0 saturated carbocycles. The number of hydrogen-bond acceptors (Lipinski definition) is 6. The zero-order chi connectivity index (χ0) is 21.5. The van der Waals surface area contributed by atoms with Gasteiger partial charge in [0.1, 0.15) is 11.9 Å². The van der Waals surface area contributed by atoms with E-state index in [1.165, 1.54) is 36.7 Å². The Bertz CT molecular complexity index is 1120. The summed E-state index contributed by atoms with van der Waals surface area (Å²) in [5.41, 5.74) is 2.22. The van der Waals surface area contributed by atoms with Gasteiger partial charge in [0.2, 0.25) is 5.91 Å². The predicted octanol–water partition coefficient (Wildman–Crippen LogP) is 4.82. The minimum Gasteiger partial charge on any atom is -0.493 e. The van der Waals surface area contributed by atoms with Crippen molar-refractivity contribution in [3.8, 4) is 28.8 Å². The smallest absolute Gasteiger partial charge is 0.250 e. The van der Waals surface area contributed by atoms with Gasteiger partial charge >= 0.3 is 0 Å². The van der Waals surface area contributed by atoms with Crippen LogP contribution in [0.4, 0.5) is 9.52 Å². The molecule has 0 spiro atoms. The molecule has 152 valence electrons. The van der Waals surface area contributed by atoms with Crippen LogP contribution in [-0.2, 0) is 4.79 Å². The summed E-state index contributed by atoms with van der Waals surface area (Å²) < 4.78 is 23.6. The molecule has 0 aliphatic carbocycles. The van der Waals surface area contributed by atoms with Crippen LogP contribution in [0.25, 0.3) is 17.3 Å². The van der Waals surface area contributed by atoms with E-state index in [-0.39, 0.29) is 18.3 Å². The highest BCUT2D eigenvalue weighted by Crippen LogP contribution is 2.31. The molecule has 0 fully saturated rings. The number of methoxy groups -OCH3 is 1. The van der Waals surface area contributed by atoms with Crippen molar-refractivity contribution in [3.05, 3.63) is 64.8 Å². The minimum atomic E-state index is -0.335. The highest BCUT2D eigenvalue weighted by Gasteiger charge is 2.11. The Labute approximate surface area is 177 Å². The van der Waals surface area contributed by atoms with Crippen molar-refractivity contribution < 1.29 is 18.7 Å². The van der Waals surface area contributed by atoms with Crippen molar-refractivity contribution in [1.29, 1.82) is 5.26 Å². The lowest BCUT2D eigenvalue weighted by molar-refractivity contribution is -0.111. The van der Waals surface area contributed by atoms with E-state index >= 15 is 0 Å². The van der Waals surface area contributed by atoms with Crippen molar-refractivity contribution in [2.24, 2.45) is 0 Å². The highest BCUT2D eigenvalue weighted by molar-refractivity contribution is 7.16. The van der Waals surface area contributed by atoms with Crippen molar-refractivity contribution in [1.82, 2.24) is 4.98 Å². The topological polar surface area (TPSA) is 84.2 Å². The SMILES string of the molecule is COc1cc(/C=C/C(=O)Nc2nc(-c3ccc(F)cc3)c(C)s2)ccc1OCC#N. The first kappa shape index (κ1) is 21.0. The number of carbonyl (C=O) groups excluding carboxylic acids is 1. The van der Waals surface area contributed by atoms with Crippen LogP contribution in [0.15, 0.2) is 48.5 Å². The molecule has 6 nitrogen and oxygen atoms in total. The number of amides is 1. The normalized spacial score (nSPS) is 10.6. The Balaban J connectivity index is 1.68. The van der Waals surface area contributed by atoms with Crippen molar-refractivity contribution in [2.45, 2.75) is 6.92 Å². The first-order valence-corrected chi connectivity index (χ1v) is 9.72. The van der Waals surface area contributed by atoms with Crippen LogP contribution in [-0.4, -0.2) is 24.6 Å².